The summed E-state index contributed by atoms with van der Waals surface area (Å²) >= 11 is 5.84. The van der Waals surface area contributed by atoms with Crippen molar-refractivity contribution in [3.63, 3.8) is 0 Å². The maximum Gasteiger partial charge on any atom is 0.123 e. The number of benzene rings is 2. The van der Waals surface area contributed by atoms with Crippen LogP contribution in [0.5, 0.6) is 0 Å². The molecule has 0 heterocycles. The summed E-state index contributed by atoms with van der Waals surface area (Å²) in [4.78, 5) is 0. The Morgan fingerprint density at radius 1 is 1.00 bits per heavy atom. The van der Waals surface area contributed by atoms with Gasteiger partial charge in [0.25, 0.3) is 0 Å². The zero-order chi connectivity index (χ0) is 13.7. The van der Waals surface area contributed by atoms with E-state index in [1.165, 1.54) is 17.7 Å². The molecule has 0 saturated heterocycles. The predicted octanol–water partition coefficient (Wildman–Crippen LogP) is 4.20. The van der Waals surface area contributed by atoms with E-state index in [9.17, 15) is 4.39 Å². The van der Waals surface area contributed by atoms with Crippen LogP contribution in [-0.4, -0.2) is 6.04 Å². The smallest absolute Gasteiger partial charge is 0.123 e. The summed E-state index contributed by atoms with van der Waals surface area (Å²) in [6, 6.07) is 14.8. The van der Waals surface area contributed by atoms with Crippen molar-refractivity contribution in [2.45, 2.75) is 25.9 Å². The third-order valence-corrected chi connectivity index (χ3v) is 3.28. The number of halogens is 2. The van der Waals surface area contributed by atoms with Crippen LogP contribution in [0.4, 0.5) is 4.39 Å². The fraction of sp³-hybridized carbons (Fsp3) is 0.250. The molecule has 100 valence electrons. The summed E-state index contributed by atoms with van der Waals surface area (Å²) in [5.41, 5.74) is 2.34. The number of hydrogen-bond donors (Lipinski definition) is 1. The fourth-order valence-electron chi connectivity index (χ4n) is 1.94. The van der Waals surface area contributed by atoms with Crippen LogP contribution in [0.3, 0.4) is 0 Å². The monoisotopic (exact) mass is 277 g/mol. The lowest BCUT2D eigenvalue weighted by Crippen LogP contribution is -2.27. The molecule has 1 unspecified atom stereocenters. The Kier molecular flexibility index (Phi) is 4.94. The lowest BCUT2D eigenvalue weighted by molar-refractivity contribution is 0.544. The normalized spacial score (nSPS) is 12.4. The van der Waals surface area contributed by atoms with E-state index in [4.69, 9.17) is 11.6 Å². The molecule has 0 spiro atoms. The molecule has 0 aliphatic heterocycles. The van der Waals surface area contributed by atoms with Gasteiger partial charge in [0.15, 0.2) is 0 Å². The molecule has 2 aromatic rings. The molecule has 0 aliphatic carbocycles. The van der Waals surface area contributed by atoms with Crippen molar-refractivity contribution in [2.75, 3.05) is 0 Å². The Balaban J connectivity index is 1.82. The van der Waals surface area contributed by atoms with Gasteiger partial charge in [-0.3, -0.25) is 0 Å². The second-order valence-electron chi connectivity index (χ2n) is 4.74. The lowest BCUT2D eigenvalue weighted by atomic mass is 10.1. The third-order valence-electron chi connectivity index (χ3n) is 3.02. The Labute approximate surface area is 118 Å². The average molecular weight is 278 g/mol. The Morgan fingerprint density at radius 3 is 2.21 bits per heavy atom. The van der Waals surface area contributed by atoms with E-state index in [0.717, 1.165) is 23.6 Å². The minimum atomic E-state index is -0.189. The van der Waals surface area contributed by atoms with Crippen molar-refractivity contribution < 1.29 is 4.39 Å². The molecule has 3 heteroatoms. The molecule has 0 radical (unpaired) electrons. The van der Waals surface area contributed by atoms with Crippen LogP contribution in [0.25, 0.3) is 0 Å². The highest BCUT2D eigenvalue weighted by atomic mass is 35.5. The van der Waals surface area contributed by atoms with Crippen LogP contribution in [-0.2, 0) is 13.0 Å². The predicted molar refractivity (Wildman–Crippen MR) is 77.9 cm³/mol. The van der Waals surface area contributed by atoms with E-state index >= 15 is 0 Å². The highest BCUT2D eigenvalue weighted by Crippen LogP contribution is 2.10. The van der Waals surface area contributed by atoms with E-state index in [1.54, 1.807) is 0 Å². The second-order valence-corrected chi connectivity index (χ2v) is 5.18. The van der Waals surface area contributed by atoms with Crippen molar-refractivity contribution in [3.8, 4) is 0 Å². The van der Waals surface area contributed by atoms with E-state index in [1.807, 2.05) is 36.4 Å². The molecule has 1 nitrogen and oxygen atoms in total. The number of hydrogen-bond acceptors (Lipinski definition) is 1. The Morgan fingerprint density at radius 2 is 1.58 bits per heavy atom. The minimum Gasteiger partial charge on any atom is -0.310 e. The van der Waals surface area contributed by atoms with Crippen LogP contribution in [0.15, 0.2) is 48.5 Å². The molecule has 0 aliphatic rings. The zero-order valence-electron chi connectivity index (χ0n) is 10.9. The van der Waals surface area contributed by atoms with Crippen LogP contribution in [0.1, 0.15) is 18.1 Å². The fourth-order valence-corrected chi connectivity index (χ4v) is 2.07. The van der Waals surface area contributed by atoms with E-state index < -0.39 is 0 Å². The molecule has 1 N–H and O–H groups in total. The van der Waals surface area contributed by atoms with Crippen LogP contribution >= 0.6 is 11.6 Å². The molecule has 0 aromatic heterocycles. The molecule has 0 fully saturated rings. The van der Waals surface area contributed by atoms with Crippen LogP contribution < -0.4 is 5.32 Å². The standard InChI is InChI=1S/C16H17ClFN/c1-12(10-13-4-8-16(18)9-5-13)19-11-14-2-6-15(17)7-3-14/h2-9,12,19H,10-11H2,1H3. The van der Waals surface area contributed by atoms with Crippen molar-refractivity contribution in [1.82, 2.24) is 5.32 Å². The second kappa shape index (κ2) is 6.69. The summed E-state index contributed by atoms with van der Waals surface area (Å²) in [7, 11) is 0. The molecule has 0 bridgehead atoms. The Bertz CT molecular complexity index is 507. The van der Waals surface area contributed by atoms with Gasteiger partial charge in [0.1, 0.15) is 5.82 Å². The first kappa shape index (κ1) is 14.0. The van der Waals surface area contributed by atoms with Crippen molar-refractivity contribution in [3.05, 3.63) is 70.5 Å². The summed E-state index contributed by atoms with van der Waals surface area (Å²) < 4.78 is 12.8. The van der Waals surface area contributed by atoms with Crippen molar-refractivity contribution in [1.29, 1.82) is 0 Å². The highest BCUT2D eigenvalue weighted by Gasteiger charge is 2.03. The van der Waals surface area contributed by atoms with Crippen molar-refractivity contribution >= 4 is 11.6 Å². The molecule has 0 saturated carbocycles. The molecule has 0 amide bonds. The van der Waals surface area contributed by atoms with Gasteiger partial charge in [0.2, 0.25) is 0 Å². The molecule has 19 heavy (non-hydrogen) atoms. The maximum absolute atomic E-state index is 12.8. The van der Waals surface area contributed by atoms with Gasteiger partial charge in [-0.2, -0.15) is 0 Å². The van der Waals surface area contributed by atoms with Gasteiger partial charge < -0.3 is 5.32 Å². The van der Waals surface area contributed by atoms with Gasteiger partial charge in [-0.15, -0.1) is 0 Å². The molecule has 1 atom stereocenters. The number of nitrogens with one attached hydrogen (secondary N) is 1. The third kappa shape index (κ3) is 4.66. The lowest BCUT2D eigenvalue weighted by Gasteiger charge is -2.14. The van der Waals surface area contributed by atoms with Gasteiger partial charge in [-0.05, 0) is 48.7 Å². The molecule has 2 rings (SSSR count). The van der Waals surface area contributed by atoms with Crippen LogP contribution in [0.2, 0.25) is 5.02 Å². The summed E-state index contributed by atoms with van der Waals surface area (Å²) in [5.74, 6) is -0.189. The summed E-state index contributed by atoms with van der Waals surface area (Å²) in [6.07, 6.45) is 0.883. The molecular formula is C16H17ClFN. The van der Waals surface area contributed by atoms with Crippen LogP contribution in [0, 0.1) is 5.82 Å². The van der Waals surface area contributed by atoms with E-state index in [0.29, 0.717) is 6.04 Å². The van der Waals surface area contributed by atoms with Gasteiger partial charge in [0.05, 0.1) is 0 Å². The largest absolute Gasteiger partial charge is 0.310 e. The van der Waals surface area contributed by atoms with E-state index in [2.05, 4.69) is 12.2 Å². The first-order valence-electron chi connectivity index (χ1n) is 6.36. The molecule has 2 aromatic carbocycles. The zero-order valence-corrected chi connectivity index (χ0v) is 11.6. The summed E-state index contributed by atoms with van der Waals surface area (Å²) in [5, 5.41) is 4.20. The van der Waals surface area contributed by atoms with Gasteiger partial charge in [0, 0.05) is 17.6 Å². The summed E-state index contributed by atoms with van der Waals surface area (Å²) in [6.45, 7) is 2.93. The minimum absolute atomic E-state index is 0.189. The first-order chi connectivity index (χ1) is 9.13. The van der Waals surface area contributed by atoms with Gasteiger partial charge >= 0.3 is 0 Å². The maximum atomic E-state index is 12.8. The van der Waals surface area contributed by atoms with Crippen molar-refractivity contribution in [2.24, 2.45) is 0 Å². The topological polar surface area (TPSA) is 12.0 Å². The Hall–Kier alpha value is -1.38. The number of rotatable bonds is 5. The van der Waals surface area contributed by atoms with Gasteiger partial charge in [-0.1, -0.05) is 35.9 Å². The average Bonchev–Trinajstić information content (AvgIpc) is 2.41. The molecular weight excluding hydrogens is 261 g/mol. The SMILES string of the molecule is CC(Cc1ccc(F)cc1)NCc1ccc(Cl)cc1. The quantitative estimate of drug-likeness (QED) is 0.864. The van der Waals surface area contributed by atoms with E-state index in [-0.39, 0.29) is 5.82 Å². The van der Waals surface area contributed by atoms with Gasteiger partial charge in [-0.25, -0.2) is 4.39 Å². The first-order valence-corrected chi connectivity index (χ1v) is 6.73. The highest BCUT2D eigenvalue weighted by molar-refractivity contribution is 6.30.